The number of carbonyl (C=O) groups excluding carboxylic acids is 2. The maximum Gasteiger partial charge on any atom is 0.410 e. The number of piperidine rings is 1. The van der Waals surface area contributed by atoms with E-state index in [0.29, 0.717) is 23.9 Å². The molecule has 10 heteroatoms. The fourth-order valence-electron chi connectivity index (χ4n) is 8.84. The smallest absolute Gasteiger partial charge is 0.410 e. The lowest BCUT2D eigenvalue weighted by Crippen LogP contribution is -2.52. The van der Waals surface area contributed by atoms with Gasteiger partial charge in [-0.15, -0.1) is 0 Å². The first-order chi connectivity index (χ1) is 28.8. The molecule has 0 radical (unpaired) electrons. The number of nitrogens with one attached hydrogen (secondary N) is 1. The summed E-state index contributed by atoms with van der Waals surface area (Å²) >= 11 is 12.1. The van der Waals surface area contributed by atoms with E-state index < -0.39 is 5.60 Å². The number of likely N-dealkylation sites (tertiary alicyclic amines) is 1. The molecule has 0 bridgehead atoms. The Labute approximate surface area is 369 Å². The largest absolute Gasteiger partial charge is 0.444 e. The van der Waals surface area contributed by atoms with E-state index in [2.05, 4.69) is 107 Å². The van der Waals surface area contributed by atoms with Gasteiger partial charge in [-0.2, -0.15) is 0 Å². The number of hydrogen-bond acceptors (Lipinski definition) is 7. The summed E-state index contributed by atoms with van der Waals surface area (Å²) in [6.07, 6.45) is 8.96. The van der Waals surface area contributed by atoms with Gasteiger partial charge in [-0.1, -0.05) is 90.3 Å². The van der Waals surface area contributed by atoms with Crippen molar-refractivity contribution in [3.63, 3.8) is 0 Å². The Bertz CT molecular complexity index is 1970. The third kappa shape index (κ3) is 13.5. The van der Waals surface area contributed by atoms with Crippen molar-refractivity contribution in [2.45, 2.75) is 115 Å². The maximum atomic E-state index is 12.6. The van der Waals surface area contributed by atoms with Crippen molar-refractivity contribution in [3.05, 3.63) is 129 Å². The number of fused-ring (bicyclic) bond motifs is 2. The summed E-state index contributed by atoms with van der Waals surface area (Å²) in [5.74, 6) is 0.464. The fraction of sp³-hybridized carbons (Fsp3) is 0.480. The van der Waals surface area contributed by atoms with E-state index in [1.54, 1.807) is 0 Å². The van der Waals surface area contributed by atoms with E-state index in [1.165, 1.54) is 40.0 Å². The first-order valence-corrected chi connectivity index (χ1v) is 22.6. The molecule has 0 spiro atoms. The highest BCUT2D eigenvalue weighted by atomic mass is 35.5. The van der Waals surface area contributed by atoms with Gasteiger partial charge >= 0.3 is 6.09 Å². The lowest BCUT2D eigenvalue weighted by atomic mass is 9.97. The first kappa shape index (κ1) is 45.4. The fourth-order valence-corrected chi connectivity index (χ4v) is 9.09. The number of halogens is 2. The van der Waals surface area contributed by atoms with Crippen LogP contribution in [0.25, 0.3) is 0 Å². The van der Waals surface area contributed by atoms with Crippen LogP contribution in [0.1, 0.15) is 88.0 Å². The topological polar surface area (TPSA) is 68.4 Å². The van der Waals surface area contributed by atoms with Crippen molar-refractivity contribution in [2.24, 2.45) is 0 Å². The molecule has 4 aromatic rings. The van der Waals surface area contributed by atoms with Crippen molar-refractivity contribution in [1.29, 1.82) is 0 Å². The molecule has 2 atom stereocenters. The van der Waals surface area contributed by atoms with Gasteiger partial charge in [0, 0.05) is 106 Å². The Morgan fingerprint density at radius 1 is 0.717 bits per heavy atom. The standard InChI is InChI=1S/C27H36ClN3O2.C17H19ClN2.C6H10O/c1-27(2,3)33-26(32)30-15-13-23(14-16-30)31-18-21-7-5-6-8-25(21)29(4)19-24(31)17-20-9-11-22(28)12-10-20;1-20-12-16(10-13-6-8-15(18)9-7-13)19-11-14-4-2-3-5-17(14)20;7-6-4-2-1-3-5-6/h5-12,23-24H,13-19H2,1-4H3;2-9,16,19H,10-12H2,1H3;1-5H2/t24-;16-;/m00./s1. The van der Waals surface area contributed by atoms with E-state index in [0.717, 1.165) is 101 Å². The van der Waals surface area contributed by atoms with Crippen LogP contribution >= 0.6 is 23.2 Å². The molecule has 8 rings (SSSR count). The molecular weight excluding hydrogens is 789 g/mol. The number of rotatable bonds is 5. The van der Waals surface area contributed by atoms with Crippen molar-refractivity contribution in [1.82, 2.24) is 15.1 Å². The van der Waals surface area contributed by atoms with Gasteiger partial charge in [0.1, 0.15) is 11.4 Å². The molecule has 0 unspecified atom stereocenters. The molecule has 4 aliphatic rings. The number of Topliss-reactive ketones (excluding diaryl/α,β-unsaturated/α-hetero) is 1. The Hall–Kier alpha value is -4.08. The molecular formula is C50H65Cl2N5O3. The molecule has 3 heterocycles. The molecule has 322 valence electrons. The van der Waals surface area contributed by atoms with Crippen LogP contribution in [-0.4, -0.2) is 85.7 Å². The third-order valence-electron chi connectivity index (χ3n) is 12.0. The maximum absolute atomic E-state index is 12.6. The van der Waals surface area contributed by atoms with Gasteiger partial charge in [0.2, 0.25) is 0 Å². The average Bonchev–Trinajstić information content (AvgIpc) is 3.48. The van der Waals surface area contributed by atoms with E-state index >= 15 is 0 Å². The van der Waals surface area contributed by atoms with Gasteiger partial charge in [0.15, 0.2) is 0 Å². The zero-order valence-electron chi connectivity index (χ0n) is 36.3. The lowest BCUT2D eigenvalue weighted by molar-refractivity contribution is -0.120. The second-order valence-electron chi connectivity index (χ2n) is 17.9. The molecule has 4 aromatic carbocycles. The van der Waals surface area contributed by atoms with Crippen LogP contribution in [0.5, 0.6) is 0 Å². The second-order valence-corrected chi connectivity index (χ2v) is 18.8. The number of amides is 1. The van der Waals surface area contributed by atoms with E-state index in [1.807, 2.05) is 49.9 Å². The third-order valence-corrected chi connectivity index (χ3v) is 12.5. The molecule has 2 fully saturated rings. The monoisotopic (exact) mass is 853 g/mol. The van der Waals surface area contributed by atoms with Crippen molar-refractivity contribution in [3.8, 4) is 0 Å². The molecule has 1 saturated heterocycles. The number of para-hydroxylation sites is 2. The number of anilines is 2. The minimum atomic E-state index is -0.462. The lowest BCUT2D eigenvalue weighted by Gasteiger charge is -2.42. The molecule has 1 amide bonds. The first-order valence-electron chi connectivity index (χ1n) is 21.9. The summed E-state index contributed by atoms with van der Waals surface area (Å²) in [6.45, 7) is 11.1. The Balaban J connectivity index is 0.000000187. The Morgan fingerprint density at radius 3 is 1.82 bits per heavy atom. The zero-order chi connectivity index (χ0) is 42.6. The Kier molecular flexibility index (Phi) is 16.4. The average molecular weight is 855 g/mol. The highest BCUT2D eigenvalue weighted by molar-refractivity contribution is 6.30. The molecule has 1 aliphatic carbocycles. The van der Waals surface area contributed by atoms with Gasteiger partial charge in [-0.05, 0) is 118 Å². The quantitative estimate of drug-likeness (QED) is 0.214. The van der Waals surface area contributed by atoms with Crippen LogP contribution < -0.4 is 15.1 Å². The number of ether oxygens (including phenoxy) is 1. The van der Waals surface area contributed by atoms with Crippen molar-refractivity contribution < 1.29 is 14.3 Å². The number of hydrogen-bond donors (Lipinski definition) is 1. The summed E-state index contributed by atoms with van der Waals surface area (Å²) < 4.78 is 5.60. The number of likely N-dealkylation sites (N-methyl/N-ethyl adjacent to an activating group) is 2. The highest BCUT2D eigenvalue weighted by Gasteiger charge is 2.35. The summed E-state index contributed by atoms with van der Waals surface area (Å²) in [4.78, 5) is 32.3. The van der Waals surface area contributed by atoms with Crippen LogP contribution in [0.4, 0.5) is 16.2 Å². The van der Waals surface area contributed by atoms with Crippen LogP contribution in [-0.2, 0) is 35.5 Å². The van der Waals surface area contributed by atoms with Crippen molar-refractivity contribution >= 4 is 46.5 Å². The Morgan fingerprint density at radius 2 is 1.25 bits per heavy atom. The van der Waals surface area contributed by atoms with Crippen LogP contribution in [0, 0.1) is 0 Å². The minimum absolute atomic E-state index is 0.195. The molecule has 1 N–H and O–H groups in total. The summed E-state index contributed by atoms with van der Waals surface area (Å²) in [7, 11) is 4.36. The number of nitrogens with zero attached hydrogens (tertiary/aromatic N) is 4. The number of carbonyl (C=O) groups is 2. The summed E-state index contributed by atoms with van der Waals surface area (Å²) in [6, 6.07) is 35.0. The van der Waals surface area contributed by atoms with Crippen LogP contribution in [0.3, 0.4) is 0 Å². The highest BCUT2D eigenvalue weighted by Crippen LogP contribution is 2.32. The molecule has 0 aromatic heterocycles. The van der Waals surface area contributed by atoms with Crippen LogP contribution in [0.2, 0.25) is 10.0 Å². The van der Waals surface area contributed by atoms with Crippen molar-refractivity contribution in [2.75, 3.05) is 50.1 Å². The van der Waals surface area contributed by atoms with E-state index in [-0.39, 0.29) is 6.09 Å². The van der Waals surface area contributed by atoms with E-state index in [9.17, 15) is 9.59 Å². The predicted octanol–water partition coefficient (Wildman–Crippen LogP) is 10.6. The minimum Gasteiger partial charge on any atom is -0.444 e. The number of benzene rings is 4. The number of ketones is 1. The predicted molar refractivity (Wildman–Crippen MR) is 249 cm³/mol. The SMILES string of the molecule is CN1C[C@H](Cc2ccc(Cl)cc2)N(C2CCN(C(=O)OC(C)(C)C)CC2)Cc2ccccc21.CN1C[C@H](Cc2ccc(Cl)cc2)NCc2ccccc21.O=C1CCCCC1. The van der Waals surface area contributed by atoms with Crippen LogP contribution in [0.15, 0.2) is 97.1 Å². The van der Waals surface area contributed by atoms with Gasteiger partial charge in [-0.25, -0.2) is 4.79 Å². The van der Waals surface area contributed by atoms with Gasteiger partial charge < -0.3 is 24.8 Å². The normalized spacial score (nSPS) is 20.0. The molecule has 3 aliphatic heterocycles. The zero-order valence-corrected chi connectivity index (χ0v) is 37.9. The second kappa shape index (κ2) is 21.6. The van der Waals surface area contributed by atoms with Gasteiger partial charge in [-0.3, -0.25) is 9.69 Å². The van der Waals surface area contributed by atoms with Gasteiger partial charge in [0.25, 0.3) is 0 Å². The molecule has 8 nitrogen and oxygen atoms in total. The molecule has 60 heavy (non-hydrogen) atoms. The van der Waals surface area contributed by atoms with Gasteiger partial charge in [0.05, 0.1) is 0 Å². The molecule has 1 saturated carbocycles. The van der Waals surface area contributed by atoms with E-state index in [4.69, 9.17) is 27.9 Å². The summed E-state index contributed by atoms with van der Waals surface area (Å²) in [5, 5.41) is 5.23. The summed E-state index contributed by atoms with van der Waals surface area (Å²) in [5.41, 5.74) is 7.55.